The van der Waals surface area contributed by atoms with Crippen LogP contribution in [-0.2, 0) is 0 Å². The van der Waals surface area contributed by atoms with Crippen molar-refractivity contribution in [2.75, 3.05) is 0 Å². The van der Waals surface area contributed by atoms with Crippen molar-refractivity contribution in [2.24, 2.45) is 9.49 Å². The Morgan fingerprint density at radius 2 is 0.587 bits per heavy atom. The number of nitrogens with zero attached hydrogens (tertiary/aromatic N) is 2. The van der Waals surface area contributed by atoms with Gasteiger partial charge in [-0.25, -0.2) is 0 Å². The maximum atomic E-state index is 6.11. The number of benzene rings is 5. The molecule has 0 radical (unpaired) electrons. The number of hydrogen-bond donors (Lipinski definition) is 0. The van der Waals surface area contributed by atoms with E-state index in [1.165, 1.54) is 85.4 Å². The molecular weight excluding hydrogens is 594 g/mol. The summed E-state index contributed by atoms with van der Waals surface area (Å²) in [6, 6.07) is 54.0. The summed E-state index contributed by atoms with van der Waals surface area (Å²) < 4.78 is 12.2. The Bertz CT molecular complexity index is 1580. The predicted octanol–water partition coefficient (Wildman–Crippen LogP) is 11.3. The van der Waals surface area contributed by atoms with Crippen LogP contribution in [0.4, 0.5) is 11.4 Å². The Labute approximate surface area is 276 Å². The van der Waals surface area contributed by atoms with Crippen molar-refractivity contribution in [3.63, 3.8) is 0 Å². The molecule has 2 nitrogen and oxygen atoms in total. The van der Waals surface area contributed by atoms with Crippen LogP contribution in [0.2, 0.25) is 0 Å². The van der Waals surface area contributed by atoms with Gasteiger partial charge < -0.3 is 0 Å². The molecule has 5 aromatic rings. The van der Waals surface area contributed by atoms with Gasteiger partial charge in [-0.2, -0.15) is 0 Å². The Hall–Kier alpha value is -3.44. The third-order valence-electron chi connectivity index (χ3n) is 10.2. The molecule has 0 saturated heterocycles. The van der Waals surface area contributed by atoms with E-state index in [1.807, 2.05) is 0 Å². The van der Waals surface area contributed by atoms with E-state index in [2.05, 4.69) is 146 Å². The first kappa shape index (κ1) is 31.2. The van der Waals surface area contributed by atoms with Crippen molar-refractivity contribution in [2.45, 2.75) is 75.5 Å². The lowest BCUT2D eigenvalue weighted by Gasteiger charge is -2.38. The number of hydrogen-bond acceptors (Lipinski definition) is 2. The SMILES string of the molecule is c1ccc(P(=Nc2ccccc2N=P(c2ccccc2)(c2ccccc2)C2CCCCC2)(c2ccccc2)C2CCCCC2)cc1. The molecule has 2 fully saturated rings. The van der Waals surface area contributed by atoms with Crippen molar-refractivity contribution >= 4 is 46.7 Å². The number of rotatable bonds is 8. The van der Waals surface area contributed by atoms with Gasteiger partial charge in [-0.1, -0.05) is 172 Å². The van der Waals surface area contributed by atoms with Crippen LogP contribution in [0, 0.1) is 0 Å². The quantitative estimate of drug-likeness (QED) is 0.151. The Morgan fingerprint density at radius 3 is 0.870 bits per heavy atom. The van der Waals surface area contributed by atoms with Crippen LogP contribution in [0.5, 0.6) is 0 Å². The minimum atomic E-state index is -2.19. The third-order valence-corrected chi connectivity index (χ3v) is 18.8. The van der Waals surface area contributed by atoms with Crippen LogP contribution >= 0.6 is 14.1 Å². The lowest BCUT2D eigenvalue weighted by atomic mass is 10.0. The van der Waals surface area contributed by atoms with E-state index in [9.17, 15) is 0 Å². The van der Waals surface area contributed by atoms with Crippen molar-refractivity contribution in [1.82, 2.24) is 0 Å². The molecule has 7 rings (SSSR count). The monoisotopic (exact) mass is 640 g/mol. The summed E-state index contributed by atoms with van der Waals surface area (Å²) >= 11 is 0. The topological polar surface area (TPSA) is 24.7 Å². The fourth-order valence-electron chi connectivity index (χ4n) is 8.04. The average Bonchev–Trinajstić information content (AvgIpc) is 3.15. The van der Waals surface area contributed by atoms with Gasteiger partial charge in [0.05, 0.1) is 11.4 Å². The van der Waals surface area contributed by atoms with Gasteiger partial charge >= 0.3 is 0 Å². The average molecular weight is 641 g/mol. The van der Waals surface area contributed by atoms with Crippen LogP contribution < -0.4 is 21.2 Å². The molecule has 0 aromatic heterocycles. The summed E-state index contributed by atoms with van der Waals surface area (Å²) in [6.07, 6.45) is 12.7. The van der Waals surface area contributed by atoms with Crippen molar-refractivity contribution in [3.8, 4) is 0 Å². The Kier molecular flexibility index (Phi) is 9.86. The molecule has 0 bridgehead atoms. The van der Waals surface area contributed by atoms with E-state index in [-0.39, 0.29) is 0 Å². The molecule has 0 atom stereocenters. The van der Waals surface area contributed by atoms with Crippen LogP contribution in [0.25, 0.3) is 0 Å². The molecule has 2 aliphatic carbocycles. The standard InChI is InChI=1S/C42H46N2P2/c1-7-21-35(22-8-1)45(36-23-9-2-10-24-36,37-25-11-3-12-26-37)43-41-33-19-20-34-42(41)44-46(38-27-13-4-14-28-38,39-29-15-5-16-30-39)40-31-17-6-18-32-40/h1-2,4-5,7-10,13-16,19-24,27-30,33-34,37,40H,3,6,11-12,17-18,25-26,31-32H2. The lowest BCUT2D eigenvalue weighted by molar-refractivity contribution is 0.511. The van der Waals surface area contributed by atoms with E-state index >= 15 is 0 Å². The Morgan fingerprint density at radius 1 is 0.326 bits per heavy atom. The van der Waals surface area contributed by atoms with Crippen molar-refractivity contribution in [1.29, 1.82) is 0 Å². The molecule has 0 heterocycles. The largest absolute Gasteiger partial charge is 0.256 e. The zero-order chi connectivity index (χ0) is 31.1. The summed E-state index contributed by atoms with van der Waals surface area (Å²) in [5, 5.41) is 5.56. The zero-order valence-corrected chi connectivity index (χ0v) is 28.7. The van der Waals surface area contributed by atoms with E-state index < -0.39 is 14.1 Å². The molecule has 0 unspecified atom stereocenters. The minimum absolute atomic E-state index is 0.528. The highest BCUT2D eigenvalue weighted by atomic mass is 31.2. The van der Waals surface area contributed by atoms with E-state index in [1.54, 1.807) is 0 Å². The molecule has 0 aliphatic heterocycles. The maximum absolute atomic E-state index is 6.11. The van der Waals surface area contributed by atoms with E-state index in [0.717, 1.165) is 11.4 Å². The summed E-state index contributed by atoms with van der Waals surface area (Å²) in [4.78, 5) is 0. The van der Waals surface area contributed by atoms with Gasteiger partial charge in [0.25, 0.3) is 0 Å². The highest BCUT2D eigenvalue weighted by Crippen LogP contribution is 2.62. The van der Waals surface area contributed by atoms with Gasteiger partial charge in [-0.3, -0.25) is 9.49 Å². The molecule has 234 valence electrons. The van der Waals surface area contributed by atoms with Crippen LogP contribution in [-0.4, -0.2) is 11.3 Å². The zero-order valence-electron chi connectivity index (χ0n) is 26.9. The molecule has 2 aliphatic rings. The van der Waals surface area contributed by atoms with Crippen LogP contribution in [0.1, 0.15) is 64.2 Å². The smallest absolute Gasteiger partial charge is 0.0877 e. The fraction of sp³-hybridized carbons (Fsp3) is 0.286. The first-order chi connectivity index (χ1) is 22.8. The van der Waals surface area contributed by atoms with E-state index in [0.29, 0.717) is 11.3 Å². The van der Waals surface area contributed by atoms with Gasteiger partial charge in [-0.05, 0) is 59.0 Å². The molecule has 0 N–H and O–H groups in total. The maximum Gasteiger partial charge on any atom is 0.0877 e. The Balaban J connectivity index is 1.55. The summed E-state index contributed by atoms with van der Waals surface area (Å²) in [7, 11) is -4.38. The first-order valence-electron chi connectivity index (χ1n) is 17.4. The van der Waals surface area contributed by atoms with Crippen molar-refractivity contribution < 1.29 is 0 Å². The second-order valence-corrected chi connectivity index (χ2v) is 19.7. The van der Waals surface area contributed by atoms with Gasteiger partial charge in [0, 0.05) is 25.4 Å². The molecule has 46 heavy (non-hydrogen) atoms. The molecular formula is C42H46N2P2. The minimum Gasteiger partial charge on any atom is -0.256 e. The fourth-order valence-corrected chi connectivity index (χ4v) is 16.9. The van der Waals surface area contributed by atoms with Crippen LogP contribution in [0.15, 0.2) is 155 Å². The summed E-state index contributed by atoms with van der Waals surface area (Å²) in [5.41, 5.74) is 3.17. The predicted molar refractivity (Wildman–Crippen MR) is 203 cm³/mol. The summed E-state index contributed by atoms with van der Waals surface area (Å²) in [6.45, 7) is 0. The highest BCUT2D eigenvalue weighted by molar-refractivity contribution is 7.82. The van der Waals surface area contributed by atoms with Crippen LogP contribution in [0.3, 0.4) is 0 Å². The van der Waals surface area contributed by atoms with E-state index in [4.69, 9.17) is 9.49 Å². The third kappa shape index (κ3) is 6.15. The molecule has 0 spiro atoms. The van der Waals surface area contributed by atoms with Crippen molar-refractivity contribution in [3.05, 3.63) is 146 Å². The molecule has 0 amide bonds. The molecule has 4 heteroatoms. The molecule has 5 aromatic carbocycles. The second-order valence-electron chi connectivity index (χ2n) is 13.0. The lowest BCUT2D eigenvalue weighted by Crippen LogP contribution is -2.28. The van der Waals surface area contributed by atoms with Gasteiger partial charge in [0.1, 0.15) is 0 Å². The summed E-state index contributed by atoms with van der Waals surface area (Å²) in [5.74, 6) is 0. The van der Waals surface area contributed by atoms with Gasteiger partial charge in [0.2, 0.25) is 0 Å². The first-order valence-corrected chi connectivity index (χ1v) is 21.0. The van der Waals surface area contributed by atoms with Gasteiger partial charge in [-0.15, -0.1) is 0 Å². The molecule has 2 saturated carbocycles. The van der Waals surface area contributed by atoms with Gasteiger partial charge in [0.15, 0.2) is 0 Å². The second kappa shape index (κ2) is 14.5. The normalized spacial score (nSPS) is 16.5. The highest BCUT2D eigenvalue weighted by Gasteiger charge is 2.37.